The second-order valence-electron chi connectivity index (χ2n) is 7.98. The summed E-state index contributed by atoms with van der Waals surface area (Å²) in [6, 6.07) is 10.5. The lowest BCUT2D eigenvalue weighted by atomic mass is 9.93. The molecule has 0 bridgehead atoms. The van der Waals surface area contributed by atoms with Crippen LogP contribution >= 0.6 is 0 Å². The Morgan fingerprint density at radius 1 is 1.20 bits per heavy atom. The monoisotopic (exact) mass is 412 g/mol. The maximum absolute atomic E-state index is 13.8. The molecule has 1 aliphatic rings. The maximum atomic E-state index is 13.8. The number of methoxy groups -OCH3 is 1. The number of carbonyl (C=O) groups is 1. The molecule has 1 atom stereocenters. The number of aryl methyl sites for hydroxylation is 1. The Labute approximate surface area is 180 Å². The Hall–Kier alpha value is -2.11. The molecular formula is C25H36N2O3. The van der Waals surface area contributed by atoms with Crippen molar-refractivity contribution >= 4 is 16.7 Å². The Balaban J connectivity index is 2.01. The van der Waals surface area contributed by atoms with Gasteiger partial charge in [0.15, 0.2) is 0 Å². The number of likely N-dealkylation sites (N-methyl/N-ethyl adjacent to an activating group) is 1. The number of hydrogen-bond acceptors (Lipinski definition) is 4. The topological polar surface area (TPSA) is 50.8 Å². The predicted octanol–water partition coefficient (Wildman–Crippen LogP) is 4.42. The molecule has 0 saturated carbocycles. The smallest absolute Gasteiger partial charge is 0.254 e. The molecule has 164 valence electrons. The third-order valence-corrected chi connectivity index (χ3v) is 5.91. The third-order valence-electron chi connectivity index (χ3n) is 5.91. The van der Waals surface area contributed by atoms with Gasteiger partial charge in [-0.2, -0.15) is 0 Å². The summed E-state index contributed by atoms with van der Waals surface area (Å²) < 4.78 is 11.3. The first-order valence-electron chi connectivity index (χ1n) is 11.4. The molecule has 0 aromatic heterocycles. The second kappa shape index (κ2) is 11.3. The molecule has 1 fully saturated rings. The highest BCUT2D eigenvalue weighted by molar-refractivity contribution is 6.04. The van der Waals surface area contributed by atoms with Crippen molar-refractivity contribution in [3.05, 3.63) is 41.5 Å². The molecule has 1 saturated heterocycles. The highest BCUT2D eigenvalue weighted by atomic mass is 16.5. The number of hydrogen-bond donors (Lipinski definition) is 1. The summed E-state index contributed by atoms with van der Waals surface area (Å²) in [6.45, 7) is 8.11. The second-order valence-corrected chi connectivity index (χ2v) is 7.98. The third kappa shape index (κ3) is 5.13. The van der Waals surface area contributed by atoms with Crippen molar-refractivity contribution in [2.24, 2.45) is 0 Å². The summed E-state index contributed by atoms with van der Waals surface area (Å²) in [5.41, 5.74) is 1.94. The van der Waals surface area contributed by atoms with E-state index >= 15 is 0 Å². The molecule has 1 heterocycles. The van der Waals surface area contributed by atoms with Crippen LogP contribution in [-0.4, -0.2) is 56.8 Å². The van der Waals surface area contributed by atoms with Crippen LogP contribution in [-0.2, 0) is 11.2 Å². The van der Waals surface area contributed by atoms with Gasteiger partial charge in [-0.15, -0.1) is 0 Å². The van der Waals surface area contributed by atoms with Crippen molar-refractivity contribution in [1.29, 1.82) is 0 Å². The molecular weight excluding hydrogens is 376 g/mol. The fourth-order valence-electron chi connectivity index (χ4n) is 4.44. The van der Waals surface area contributed by atoms with Crippen molar-refractivity contribution < 1.29 is 14.3 Å². The van der Waals surface area contributed by atoms with Crippen LogP contribution in [0.25, 0.3) is 10.8 Å². The summed E-state index contributed by atoms with van der Waals surface area (Å²) in [5.74, 6) is 0.921. The van der Waals surface area contributed by atoms with E-state index in [1.54, 1.807) is 7.11 Å². The number of amides is 1. The number of nitrogens with one attached hydrogen (secondary N) is 1. The number of nitrogens with zero attached hydrogens (tertiary/aromatic N) is 1. The number of fused-ring (bicyclic) bond motifs is 1. The number of ether oxygens (including phenoxy) is 2. The minimum Gasteiger partial charge on any atom is -0.493 e. The normalized spacial score (nSPS) is 16.6. The first kappa shape index (κ1) is 22.6. The zero-order valence-electron chi connectivity index (χ0n) is 18.7. The van der Waals surface area contributed by atoms with Crippen LogP contribution in [0.3, 0.4) is 0 Å². The standard InChI is InChI=1S/C25H36N2O3/c1-4-10-20-21-12-6-7-13-22(21)24(30-16-9-15-29-3)17-23(20)25(28)27(5-2)19-11-8-14-26-18-19/h6-7,12-13,17,19,26H,4-5,8-11,14-16,18H2,1-3H3/t19-/m1/s1. The number of rotatable bonds is 10. The van der Waals surface area contributed by atoms with E-state index < -0.39 is 0 Å². The van der Waals surface area contributed by atoms with E-state index in [4.69, 9.17) is 9.47 Å². The molecule has 2 aromatic rings. The lowest BCUT2D eigenvalue weighted by Crippen LogP contribution is -2.48. The van der Waals surface area contributed by atoms with E-state index in [1.165, 1.54) is 0 Å². The Bertz CT molecular complexity index is 830. The van der Waals surface area contributed by atoms with Gasteiger partial charge in [0.1, 0.15) is 5.75 Å². The van der Waals surface area contributed by atoms with Crippen molar-refractivity contribution in [2.75, 3.05) is 40.0 Å². The Kier molecular flexibility index (Phi) is 8.52. The first-order chi connectivity index (χ1) is 14.7. The summed E-state index contributed by atoms with van der Waals surface area (Å²) in [4.78, 5) is 15.8. The molecule has 2 aromatic carbocycles. The lowest BCUT2D eigenvalue weighted by molar-refractivity contribution is 0.0660. The molecule has 0 radical (unpaired) electrons. The van der Waals surface area contributed by atoms with E-state index in [9.17, 15) is 4.79 Å². The van der Waals surface area contributed by atoms with Crippen molar-refractivity contribution in [1.82, 2.24) is 10.2 Å². The minimum absolute atomic E-state index is 0.127. The fraction of sp³-hybridized carbons (Fsp3) is 0.560. The van der Waals surface area contributed by atoms with E-state index in [-0.39, 0.29) is 11.9 Å². The lowest BCUT2D eigenvalue weighted by Gasteiger charge is -2.34. The van der Waals surface area contributed by atoms with Crippen LogP contribution in [0.4, 0.5) is 0 Å². The summed E-state index contributed by atoms with van der Waals surface area (Å²) >= 11 is 0. The van der Waals surface area contributed by atoms with E-state index in [1.807, 2.05) is 23.1 Å². The molecule has 0 spiro atoms. The molecule has 0 aliphatic carbocycles. The zero-order valence-corrected chi connectivity index (χ0v) is 18.7. The molecule has 5 heteroatoms. The van der Waals surface area contributed by atoms with Gasteiger partial charge >= 0.3 is 0 Å². The van der Waals surface area contributed by atoms with Gasteiger partial charge in [-0.1, -0.05) is 37.6 Å². The quantitative estimate of drug-likeness (QED) is 0.587. The maximum Gasteiger partial charge on any atom is 0.254 e. The zero-order chi connectivity index (χ0) is 21.3. The van der Waals surface area contributed by atoms with Crippen LogP contribution in [0, 0.1) is 0 Å². The van der Waals surface area contributed by atoms with Crippen LogP contribution in [0.5, 0.6) is 5.75 Å². The first-order valence-corrected chi connectivity index (χ1v) is 11.4. The number of carbonyl (C=O) groups excluding carboxylic acids is 1. The van der Waals surface area contributed by atoms with Crippen molar-refractivity contribution in [2.45, 2.75) is 52.0 Å². The van der Waals surface area contributed by atoms with Crippen LogP contribution in [0.15, 0.2) is 30.3 Å². The van der Waals surface area contributed by atoms with Gasteiger partial charge in [0, 0.05) is 50.2 Å². The van der Waals surface area contributed by atoms with Crippen LogP contribution < -0.4 is 10.1 Å². The predicted molar refractivity (Wildman–Crippen MR) is 123 cm³/mol. The van der Waals surface area contributed by atoms with Crippen LogP contribution in [0.1, 0.15) is 55.5 Å². The van der Waals surface area contributed by atoms with Crippen molar-refractivity contribution in [3.63, 3.8) is 0 Å². The van der Waals surface area contributed by atoms with E-state index in [0.717, 1.165) is 72.8 Å². The number of benzene rings is 2. The minimum atomic E-state index is 0.127. The molecule has 5 nitrogen and oxygen atoms in total. The van der Waals surface area contributed by atoms with E-state index in [2.05, 4.69) is 31.3 Å². The molecule has 0 unspecified atom stereocenters. The number of piperidine rings is 1. The van der Waals surface area contributed by atoms with Crippen molar-refractivity contribution in [3.8, 4) is 5.75 Å². The molecule has 1 aliphatic heterocycles. The highest BCUT2D eigenvalue weighted by Crippen LogP contribution is 2.34. The van der Waals surface area contributed by atoms with Gasteiger partial charge < -0.3 is 19.7 Å². The highest BCUT2D eigenvalue weighted by Gasteiger charge is 2.27. The summed E-state index contributed by atoms with van der Waals surface area (Å²) in [6.07, 6.45) is 4.87. The Morgan fingerprint density at radius 2 is 2.00 bits per heavy atom. The van der Waals surface area contributed by atoms with Gasteiger partial charge in [0.2, 0.25) is 0 Å². The van der Waals surface area contributed by atoms with Gasteiger partial charge in [0.05, 0.1) is 6.61 Å². The Morgan fingerprint density at radius 3 is 2.67 bits per heavy atom. The molecule has 1 N–H and O–H groups in total. The van der Waals surface area contributed by atoms with Crippen LogP contribution in [0.2, 0.25) is 0 Å². The molecule has 3 rings (SSSR count). The fourth-order valence-corrected chi connectivity index (χ4v) is 4.44. The van der Waals surface area contributed by atoms with Gasteiger partial charge in [-0.25, -0.2) is 0 Å². The van der Waals surface area contributed by atoms with Gasteiger partial charge in [0.25, 0.3) is 5.91 Å². The van der Waals surface area contributed by atoms with Gasteiger partial charge in [-0.3, -0.25) is 4.79 Å². The molecule has 1 amide bonds. The van der Waals surface area contributed by atoms with Gasteiger partial charge in [-0.05, 0) is 49.7 Å². The average Bonchev–Trinajstić information content (AvgIpc) is 2.79. The summed E-state index contributed by atoms with van der Waals surface area (Å²) in [7, 11) is 1.70. The summed E-state index contributed by atoms with van der Waals surface area (Å²) in [5, 5.41) is 5.66. The largest absolute Gasteiger partial charge is 0.493 e. The van der Waals surface area contributed by atoms with E-state index in [0.29, 0.717) is 19.8 Å². The SMILES string of the molecule is CCCc1c(C(=O)N(CC)[C@@H]2CCCNC2)cc(OCCCOC)c2ccccc12. The molecule has 30 heavy (non-hydrogen) atoms. The average molecular weight is 413 g/mol.